The molecule has 4 rings (SSSR count). The van der Waals surface area contributed by atoms with E-state index in [1.165, 1.54) is 4.68 Å². The molecule has 1 N–H and O–H groups in total. The van der Waals surface area contributed by atoms with Crippen molar-refractivity contribution in [1.82, 2.24) is 15.3 Å². The maximum atomic E-state index is 12.8. The third kappa shape index (κ3) is 3.60. The van der Waals surface area contributed by atoms with Gasteiger partial charge in [0, 0.05) is 18.4 Å². The van der Waals surface area contributed by atoms with Gasteiger partial charge in [0.2, 0.25) is 0 Å². The van der Waals surface area contributed by atoms with Crippen LogP contribution in [0.25, 0.3) is 16.5 Å². The van der Waals surface area contributed by atoms with Crippen LogP contribution in [0, 0.1) is 0 Å². The lowest BCUT2D eigenvalue weighted by Crippen LogP contribution is -2.35. The Hall–Kier alpha value is -3.03. The zero-order valence-electron chi connectivity index (χ0n) is 14.6. The highest BCUT2D eigenvalue weighted by Crippen LogP contribution is 2.16. The molecule has 1 atom stereocenters. The summed E-state index contributed by atoms with van der Waals surface area (Å²) in [4.78, 5) is 30.9. The number of aromatic nitrogens is 2. The maximum Gasteiger partial charge on any atom is 0.296 e. The molecule has 0 saturated carbocycles. The summed E-state index contributed by atoms with van der Waals surface area (Å²) >= 11 is 0. The number of rotatable bonds is 4. The molecule has 1 saturated heterocycles. The van der Waals surface area contributed by atoms with Crippen LogP contribution in [0.4, 0.5) is 0 Å². The van der Waals surface area contributed by atoms with Crippen LogP contribution in [0.2, 0.25) is 0 Å². The third-order valence-corrected chi connectivity index (χ3v) is 4.44. The fourth-order valence-electron chi connectivity index (χ4n) is 3.07. The van der Waals surface area contributed by atoms with Crippen molar-refractivity contribution in [2.75, 3.05) is 6.61 Å². The molecule has 0 bridgehead atoms. The number of carbonyl (C=O) groups is 1. The minimum Gasteiger partial charge on any atom is -0.350 e. The van der Waals surface area contributed by atoms with E-state index in [-0.39, 0.29) is 11.3 Å². The highest BCUT2D eigenvalue weighted by molar-refractivity contribution is 6.04. The van der Waals surface area contributed by atoms with Gasteiger partial charge in [0.25, 0.3) is 11.5 Å². The number of nitrogens with zero attached hydrogens (tertiary/aromatic N) is 2. The number of fused-ring (bicyclic) bond motifs is 1. The first-order valence-electron chi connectivity index (χ1n) is 8.89. The van der Waals surface area contributed by atoms with Gasteiger partial charge in [-0.2, -0.15) is 9.78 Å². The number of para-hydroxylation sites is 1. The number of hydroxylamine groups is 1. The number of nitrogens with one attached hydrogen (secondary N) is 1. The van der Waals surface area contributed by atoms with E-state index in [1.807, 2.05) is 18.2 Å². The second-order valence-electron chi connectivity index (χ2n) is 6.29. The Balaban J connectivity index is 1.71. The number of hydrogen-bond acceptors (Lipinski definition) is 5. The molecule has 0 aliphatic carbocycles. The summed E-state index contributed by atoms with van der Waals surface area (Å²) in [5, 5.41) is 5.19. The van der Waals surface area contributed by atoms with Crippen molar-refractivity contribution < 1.29 is 14.4 Å². The quantitative estimate of drug-likeness (QED) is 0.719. The van der Waals surface area contributed by atoms with Crippen LogP contribution in [0.3, 0.4) is 0 Å². The lowest BCUT2D eigenvalue weighted by Gasteiger charge is -2.22. The normalized spacial score (nSPS) is 17.0. The Kier molecular flexibility index (Phi) is 4.95. The predicted molar refractivity (Wildman–Crippen MR) is 99.5 cm³/mol. The van der Waals surface area contributed by atoms with E-state index in [1.54, 1.807) is 36.4 Å². The van der Waals surface area contributed by atoms with Gasteiger partial charge in [-0.25, -0.2) is 10.3 Å². The third-order valence-electron chi connectivity index (χ3n) is 4.44. The number of benzene rings is 2. The van der Waals surface area contributed by atoms with E-state index in [0.717, 1.165) is 19.3 Å². The topological polar surface area (TPSA) is 82.4 Å². The highest BCUT2D eigenvalue weighted by atomic mass is 16.8. The second-order valence-corrected chi connectivity index (χ2v) is 6.29. The van der Waals surface area contributed by atoms with Gasteiger partial charge in [-0.1, -0.05) is 36.4 Å². The summed E-state index contributed by atoms with van der Waals surface area (Å²) in [6.45, 7) is 0.612. The van der Waals surface area contributed by atoms with Crippen LogP contribution in [0.5, 0.6) is 0 Å². The van der Waals surface area contributed by atoms with Gasteiger partial charge in [-0.3, -0.25) is 9.59 Å². The molecule has 1 aliphatic rings. The molecule has 138 valence electrons. The maximum absolute atomic E-state index is 12.8. The highest BCUT2D eigenvalue weighted by Gasteiger charge is 2.20. The summed E-state index contributed by atoms with van der Waals surface area (Å²) in [7, 11) is 0. The van der Waals surface area contributed by atoms with Crippen molar-refractivity contribution in [3.05, 3.63) is 70.6 Å². The van der Waals surface area contributed by atoms with Crippen molar-refractivity contribution in [2.24, 2.45) is 0 Å². The summed E-state index contributed by atoms with van der Waals surface area (Å²) in [6, 6.07) is 15.9. The standard InChI is InChI=1S/C20H19N3O4/c24-19(22-27-17-12-6-7-13-26-17)18-15-10-4-5-11-16(15)20(25)23(21-18)14-8-2-1-3-9-14/h1-5,8-11,17H,6-7,12-13H2,(H,22,24)/t17-/m0/s1. The van der Waals surface area contributed by atoms with Crippen LogP contribution in [0.1, 0.15) is 29.8 Å². The van der Waals surface area contributed by atoms with Gasteiger partial charge in [0.15, 0.2) is 12.0 Å². The molecule has 0 unspecified atom stereocenters. The van der Waals surface area contributed by atoms with E-state index in [9.17, 15) is 9.59 Å². The average molecular weight is 365 g/mol. The van der Waals surface area contributed by atoms with Crippen molar-refractivity contribution in [2.45, 2.75) is 25.6 Å². The van der Waals surface area contributed by atoms with E-state index < -0.39 is 12.2 Å². The molecule has 0 spiro atoms. The number of carbonyl (C=O) groups excluding carboxylic acids is 1. The largest absolute Gasteiger partial charge is 0.350 e. The molecular weight excluding hydrogens is 346 g/mol. The molecule has 1 aliphatic heterocycles. The monoisotopic (exact) mass is 365 g/mol. The fraction of sp³-hybridized carbons (Fsp3) is 0.250. The van der Waals surface area contributed by atoms with E-state index in [0.29, 0.717) is 23.1 Å². The average Bonchev–Trinajstić information content (AvgIpc) is 2.74. The minimum atomic E-state index is -0.523. The summed E-state index contributed by atoms with van der Waals surface area (Å²) in [6.07, 6.45) is 2.23. The molecule has 7 nitrogen and oxygen atoms in total. The molecule has 2 aromatic carbocycles. The smallest absolute Gasteiger partial charge is 0.296 e. The molecule has 0 radical (unpaired) electrons. The first kappa shape index (κ1) is 17.4. The van der Waals surface area contributed by atoms with Gasteiger partial charge in [0.05, 0.1) is 11.1 Å². The zero-order valence-corrected chi connectivity index (χ0v) is 14.6. The molecule has 27 heavy (non-hydrogen) atoms. The van der Waals surface area contributed by atoms with E-state index in [4.69, 9.17) is 9.57 Å². The first-order valence-corrected chi connectivity index (χ1v) is 8.89. The van der Waals surface area contributed by atoms with Crippen LogP contribution >= 0.6 is 0 Å². The second kappa shape index (κ2) is 7.69. The van der Waals surface area contributed by atoms with Crippen LogP contribution < -0.4 is 11.0 Å². The van der Waals surface area contributed by atoms with Gasteiger partial charge in [-0.05, 0) is 31.0 Å². The predicted octanol–water partition coefficient (Wildman–Crippen LogP) is 2.57. The number of hydrogen-bond donors (Lipinski definition) is 1. The van der Waals surface area contributed by atoms with E-state index >= 15 is 0 Å². The van der Waals surface area contributed by atoms with Gasteiger partial charge < -0.3 is 4.74 Å². The van der Waals surface area contributed by atoms with Crippen LogP contribution in [-0.4, -0.2) is 28.6 Å². The van der Waals surface area contributed by atoms with Crippen LogP contribution in [0.15, 0.2) is 59.4 Å². The molecule has 3 aromatic rings. The lowest BCUT2D eigenvalue weighted by atomic mass is 10.1. The number of ether oxygens (including phenoxy) is 1. The molecule has 7 heteroatoms. The van der Waals surface area contributed by atoms with Gasteiger partial charge in [0.1, 0.15) is 0 Å². The molecule has 2 heterocycles. The first-order chi connectivity index (χ1) is 13.2. The summed E-state index contributed by atoms with van der Waals surface area (Å²) < 4.78 is 6.68. The summed E-state index contributed by atoms with van der Waals surface area (Å²) in [5.41, 5.74) is 2.83. The van der Waals surface area contributed by atoms with Crippen molar-refractivity contribution in [3.63, 3.8) is 0 Å². The van der Waals surface area contributed by atoms with Crippen molar-refractivity contribution >= 4 is 16.7 Å². The Morgan fingerprint density at radius 1 is 1.07 bits per heavy atom. The molecule has 1 amide bonds. The minimum absolute atomic E-state index is 0.116. The Bertz CT molecular complexity index is 1010. The Morgan fingerprint density at radius 2 is 1.81 bits per heavy atom. The molecule has 1 aromatic heterocycles. The van der Waals surface area contributed by atoms with Crippen molar-refractivity contribution in [3.8, 4) is 5.69 Å². The summed E-state index contributed by atoms with van der Waals surface area (Å²) in [5.74, 6) is -0.523. The SMILES string of the molecule is O=C(NO[C@H]1CCCCO1)c1nn(-c2ccccc2)c(=O)c2ccccc12. The fourth-order valence-corrected chi connectivity index (χ4v) is 3.07. The Labute approximate surface area is 155 Å². The Morgan fingerprint density at radius 3 is 2.56 bits per heavy atom. The number of amides is 1. The molecular formula is C20H19N3O4. The van der Waals surface area contributed by atoms with Gasteiger partial charge in [-0.15, -0.1) is 0 Å². The van der Waals surface area contributed by atoms with Gasteiger partial charge >= 0.3 is 0 Å². The molecule has 1 fully saturated rings. The van der Waals surface area contributed by atoms with Crippen LogP contribution in [-0.2, 0) is 9.57 Å². The zero-order chi connectivity index (χ0) is 18.6. The van der Waals surface area contributed by atoms with Crippen molar-refractivity contribution in [1.29, 1.82) is 0 Å². The van der Waals surface area contributed by atoms with E-state index in [2.05, 4.69) is 10.6 Å². The lowest BCUT2D eigenvalue weighted by molar-refractivity contribution is -0.186.